The summed E-state index contributed by atoms with van der Waals surface area (Å²) in [6.07, 6.45) is 2.47. The normalized spacial score (nSPS) is 10.3. The summed E-state index contributed by atoms with van der Waals surface area (Å²) in [4.78, 5) is 14.8. The molecule has 2 aromatic rings. The maximum absolute atomic E-state index is 10.6. The summed E-state index contributed by atoms with van der Waals surface area (Å²) >= 11 is 3.37. The van der Waals surface area contributed by atoms with Gasteiger partial charge in [0.2, 0.25) is 0 Å². The highest BCUT2D eigenvalue weighted by Gasteiger charge is 2.06. The van der Waals surface area contributed by atoms with Crippen molar-refractivity contribution in [3.05, 3.63) is 40.6 Å². The van der Waals surface area contributed by atoms with E-state index in [1.54, 1.807) is 6.20 Å². The number of benzene rings is 1. The van der Waals surface area contributed by atoms with E-state index < -0.39 is 0 Å². The van der Waals surface area contributed by atoms with E-state index >= 15 is 0 Å². The first-order valence-corrected chi connectivity index (χ1v) is 5.24. The molecule has 4 heteroatoms. The lowest BCUT2D eigenvalue weighted by Crippen LogP contribution is -1.90. The number of aldehydes is 1. The molecular formula is C11H9BrN2O. The molecule has 0 saturated carbocycles. The lowest BCUT2D eigenvalue weighted by Gasteiger charge is -2.00. The van der Waals surface area contributed by atoms with E-state index in [0.29, 0.717) is 5.69 Å². The number of hydrogen-bond donors (Lipinski definition) is 0. The highest BCUT2D eigenvalue weighted by Crippen LogP contribution is 2.20. The second-order valence-electron chi connectivity index (χ2n) is 3.23. The van der Waals surface area contributed by atoms with Gasteiger partial charge in [-0.1, -0.05) is 28.1 Å². The molecule has 0 saturated heterocycles. The topological polar surface area (TPSA) is 34.9 Å². The van der Waals surface area contributed by atoms with Gasteiger partial charge in [-0.25, -0.2) is 4.98 Å². The summed E-state index contributed by atoms with van der Waals surface area (Å²) in [5.41, 5.74) is 1.45. The van der Waals surface area contributed by atoms with Gasteiger partial charge in [0.05, 0.1) is 0 Å². The summed E-state index contributed by atoms with van der Waals surface area (Å²) in [5, 5.41) is 0. The van der Waals surface area contributed by atoms with E-state index in [1.165, 1.54) is 0 Å². The van der Waals surface area contributed by atoms with Crippen molar-refractivity contribution >= 4 is 22.2 Å². The van der Waals surface area contributed by atoms with Crippen LogP contribution in [0.1, 0.15) is 10.5 Å². The molecular weight excluding hydrogens is 256 g/mol. The number of hydrogen-bond acceptors (Lipinski definition) is 2. The van der Waals surface area contributed by atoms with Gasteiger partial charge in [0.15, 0.2) is 6.29 Å². The third-order valence-electron chi connectivity index (χ3n) is 2.12. The molecule has 76 valence electrons. The van der Waals surface area contributed by atoms with Gasteiger partial charge < -0.3 is 4.57 Å². The number of rotatable bonds is 2. The number of carbonyl (C=O) groups is 1. The Kier molecular flexibility index (Phi) is 2.68. The summed E-state index contributed by atoms with van der Waals surface area (Å²) in [6, 6.07) is 7.82. The molecule has 15 heavy (non-hydrogen) atoms. The third-order valence-corrected chi connectivity index (χ3v) is 2.65. The maximum atomic E-state index is 10.6. The Bertz CT molecular complexity index is 488. The molecule has 3 nitrogen and oxygen atoms in total. The zero-order valence-electron chi connectivity index (χ0n) is 8.14. The highest BCUT2D eigenvalue weighted by atomic mass is 79.9. The molecule has 1 aromatic heterocycles. The Labute approximate surface area is 95.9 Å². The molecule has 0 atom stereocenters. The fourth-order valence-electron chi connectivity index (χ4n) is 1.41. The molecule has 1 aromatic carbocycles. The largest absolute Gasteiger partial charge is 0.333 e. The van der Waals surface area contributed by atoms with Crippen molar-refractivity contribution in [2.75, 3.05) is 0 Å². The van der Waals surface area contributed by atoms with E-state index in [4.69, 9.17) is 0 Å². The second kappa shape index (κ2) is 3.98. The van der Waals surface area contributed by atoms with E-state index in [9.17, 15) is 4.79 Å². The number of aromatic nitrogens is 2. The fourth-order valence-corrected chi connectivity index (χ4v) is 1.68. The molecule has 2 rings (SSSR count). The van der Waals surface area contributed by atoms with Crippen LogP contribution in [0.25, 0.3) is 11.4 Å². The predicted octanol–water partition coefficient (Wildman–Crippen LogP) is 2.66. The molecule has 1 heterocycles. The minimum absolute atomic E-state index is 0.454. The van der Waals surface area contributed by atoms with Crippen LogP contribution in [0.3, 0.4) is 0 Å². The van der Waals surface area contributed by atoms with Crippen LogP contribution in [0.4, 0.5) is 0 Å². The molecule has 0 bridgehead atoms. The predicted molar refractivity (Wildman–Crippen MR) is 61.7 cm³/mol. The summed E-state index contributed by atoms with van der Waals surface area (Å²) in [7, 11) is 1.87. The van der Waals surface area contributed by atoms with Crippen LogP contribution in [-0.4, -0.2) is 15.8 Å². The first kappa shape index (κ1) is 10.1. The number of halogens is 1. The van der Waals surface area contributed by atoms with Crippen LogP contribution in [0.2, 0.25) is 0 Å². The average Bonchev–Trinajstić information content (AvgIpc) is 2.61. The molecule has 0 aliphatic carbocycles. The molecule has 0 N–H and O–H groups in total. The Morgan fingerprint density at radius 2 is 2.00 bits per heavy atom. The molecule has 0 unspecified atom stereocenters. The summed E-state index contributed by atoms with van der Waals surface area (Å²) in [6.45, 7) is 0. The Morgan fingerprint density at radius 1 is 1.33 bits per heavy atom. The number of imidazole rings is 1. The van der Waals surface area contributed by atoms with Crippen molar-refractivity contribution in [2.24, 2.45) is 7.05 Å². The number of nitrogens with zero attached hydrogens (tertiary/aromatic N) is 2. The minimum Gasteiger partial charge on any atom is -0.333 e. The molecule has 0 spiro atoms. The van der Waals surface area contributed by atoms with Gasteiger partial charge in [0.1, 0.15) is 11.5 Å². The van der Waals surface area contributed by atoms with Crippen molar-refractivity contribution < 1.29 is 4.79 Å². The van der Waals surface area contributed by atoms with Gasteiger partial charge in [-0.3, -0.25) is 4.79 Å². The quantitative estimate of drug-likeness (QED) is 0.782. The van der Waals surface area contributed by atoms with Crippen LogP contribution >= 0.6 is 15.9 Å². The Morgan fingerprint density at radius 3 is 2.53 bits per heavy atom. The Balaban J connectivity index is 2.48. The summed E-state index contributed by atoms with van der Waals surface area (Å²) in [5.74, 6) is 0.796. The highest BCUT2D eigenvalue weighted by molar-refractivity contribution is 9.10. The smallest absolute Gasteiger partial charge is 0.170 e. The zero-order chi connectivity index (χ0) is 10.8. The van der Waals surface area contributed by atoms with Crippen LogP contribution in [0, 0.1) is 0 Å². The van der Waals surface area contributed by atoms with Gasteiger partial charge in [0.25, 0.3) is 0 Å². The first-order valence-electron chi connectivity index (χ1n) is 4.45. The van der Waals surface area contributed by atoms with Crippen molar-refractivity contribution in [3.63, 3.8) is 0 Å². The third kappa shape index (κ3) is 1.99. The van der Waals surface area contributed by atoms with Crippen LogP contribution in [0.15, 0.2) is 34.9 Å². The van der Waals surface area contributed by atoms with Gasteiger partial charge in [0, 0.05) is 23.3 Å². The molecule has 0 fully saturated rings. The standard InChI is InChI=1S/C11H9BrN2O/c1-14-6-10(7-15)13-11(14)8-2-4-9(12)5-3-8/h2-7H,1H3. The monoisotopic (exact) mass is 264 g/mol. The minimum atomic E-state index is 0.454. The van der Waals surface area contributed by atoms with Crippen molar-refractivity contribution in [1.82, 2.24) is 9.55 Å². The molecule has 0 aliphatic heterocycles. The van der Waals surface area contributed by atoms with E-state index in [2.05, 4.69) is 20.9 Å². The molecule has 0 radical (unpaired) electrons. The zero-order valence-corrected chi connectivity index (χ0v) is 9.73. The van der Waals surface area contributed by atoms with Gasteiger partial charge in [-0.15, -0.1) is 0 Å². The average molecular weight is 265 g/mol. The first-order chi connectivity index (χ1) is 7.20. The van der Waals surface area contributed by atoms with Crippen LogP contribution in [0.5, 0.6) is 0 Å². The number of aryl methyl sites for hydroxylation is 1. The van der Waals surface area contributed by atoms with E-state index in [1.807, 2.05) is 35.9 Å². The molecule has 0 aliphatic rings. The van der Waals surface area contributed by atoms with Crippen molar-refractivity contribution in [2.45, 2.75) is 0 Å². The van der Waals surface area contributed by atoms with Gasteiger partial charge >= 0.3 is 0 Å². The Hall–Kier alpha value is -1.42. The van der Waals surface area contributed by atoms with E-state index in [0.717, 1.165) is 22.1 Å². The van der Waals surface area contributed by atoms with Gasteiger partial charge in [-0.2, -0.15) is 0 Å². The SMILES string of the molecule is Cn1cc(C=O)nc1-c1ccc(Br)cc1. The lowest BCUT2D eigenvalue weighted by atomic mass is 10.2. The fraction of sp³-hybridized carbons (Fsp3) is 0.0909. The van der Waals surface area contributed by atoms with Crippen molar-refractivity contribution in [1.29, 1.82) is 0 Å². The van der Waals surface area contributed by atoms with Crippen LogP contribution < -0.4 is 0 Å². The lowest BCUT2D eigenvalue weighted by molar-refractivity contribution is 0.111. The summed E-state index contributed by atoms with van der Waals surface area (Å²) < 4.78 is 2.86. The maximum Gasteiger partial charge on any atom is 0.170 e. The van der Waals surface area contributed by atoms with Gasteiger partial charge in [-0.05, 0) is 12.1 Å². The molecule has 0 amide bonds. The van der Waals surface area contributed by atoms with Crippen molar-refractivity contribution in [3.8, 4) is 11.4 Å². The van der Waals surface area contributed by atoms with Crippen LogP contribution in [-0.2, 0) is 7.05 Å². The second-order valence-corrected chi connectivity index (χ2v) is 4.14. The number of carbonyl (C=O) groups excluding carboxylic acids is 1. The van der Waals surface area contributed by atoms with E-state index in [-0.39, 0.29) is 0 Å².